The minimum absolute atomic E-state index is 0.0185. The largest absolute Gasteiger partial charge is 0.460 e. The molecule has 1 fully saturated rings. The van der Waals surface area contributed by atoms with Crippen LogP contribution in [0.4, 0.5) is 50.9 Å². The molecular weight excluding hydrogens is 648 g/mol. The van der Waals surface area contributed by atoms with Gasteiger partial charge in [-0.1, -0.05) is 34.8 Å². The van der Waals surface area contributed by atoms with E-state index in [2.05, 4.69) is 0 Å². The molecule has 0 saturated heterocycles. The van der Waals surface area contributed by atoms with Gasteiger partial charge in [0.2, 0.25) is 5.91 Å². The quantitative estimate of drug-likeness (QED) is 0.187. The van der Waals surface area contributed by atoms with Crippen LogP contribution in [-0.4, -0.2) is 34.2 Å². The zero-order valence-electron chi connectivity index (χ0n) is 17.6. The van der Waals surface area contributed by atoms with Gasteiger partial charge in [-0.15, -0.1) is 23.2 Å². The molecule has 0 radical (unpaired) electrons. The Bertz CT molecular complexity index is 1300. The number of hydrogen-bond acceptors (Lipinski definition) is 2. The molecule has 2 aromatic rings. The second kappa shape index (κ2) is 9.99. The fourth-order valence-corrected chi connectivity index (χ4v) is 4.75. The topological polar surface area (TPSA) is 58.2 Å². The number of rotatable bonds is 6. The molecule has 0 bridgehead atoms. The predicted molar refractivity (Wildman–Crippen MR) is 122 cm³/mol. The van der Waals surface area contributed by atoms with Crippen LogP contribution < -0.4 is 10.6 Å². The van der Waals surface area contributed by atoms with Gasteiger partial charge in [-0.25, -0.2) is 8.78 Å². The Hall–Kier alpha value is -1.80. The lowest BCUT2D eigenvalue weighted by atomic mass is 10.1. The molecule has 0 spiro atoms. The molecule has 0 heterocycles. The summed E-state index contributed by atoms with van der Waals surface area (Å²) >= 11 is 30.0. The van der Waals surface area contributed by atoms with Crippen LogP contribution in [0.15, 0.2) is 24.3 Å². The number of nitrogens with one attached hydrogen (secondary N) is 2. The maximum atomic E-state index is 14.8. The molecule has 4 nitrogen and oxygen atoms in total. The fraction of sp³-hybridized carbons (Fsp3) is 0.300. The lowest BCUT2D eigenvalue weighted by molar-refractivity contribution is -0.343. The van der Waals surface area contributed by atoms with Crippen LogP contribution in [0.3, 0.4) is 0 Å². The molecule has 3 rings (SSSR count). The maximum Gasteiger partial charge on any atom is 0.460 e. The van der Waals surface area contributed by atoms with Crippen LogP contribution in [0, 0.1) is 17.6 Å². The van der Waals surface area contributed by atoms with Gasteiger partial charge in [-0.2, -0.15) is 30.7 Å². The second-order valence-corrected chi connectivity index (χ2v) is 10.4. The van der Waals surface area contributed by atoms with Gasteiger partial charge in [-0.05, 0) is 29.8 Å². The minimum atomic E-state index is -6.89. The normalized spacial score (nSPS) is 19.2. The zero-order valence-corrected chi connectivity index (χ0v) is 21.4. The summed E-state index contributed by atoms with van der Waals surface area (Å²) in [5, 5.41) is 2.48. The molecular formula is C20H8Cl5F9N2O2. The predicted octanol–water partition coefficient (Wildman–Crippen LogP) is 8.22. The molecule has 1 aliphatic rings. The Morgan fingerprint density at radius 3 is 1.89 bits per heavy atom. The summed E-state index contributed by atoms with van der Waals surface area (Å²) < 4.78 is 117. The summed E-state index contributed by atoms with van der Waals surface area (Å²) in [5.74, 6) is -24.0. The molecule has 18 heteroatoms. The van der Waals surface area contributed by atoms with Gasteiger partial charge in [0, 0.05) is 5.92 Å². The molecule has 1 aliphatic carbocycles. The van der Waals surface area contributed by atoms with E-state index in [0.717, 1.165) is 0 Å². The standard InChI is InChI=1S/C20H8Cl5F9N2O2/c21-6-3-5(4-7(22)12(6)23)10-11(17(10,24)25)15(37)35-9-2-1-8(26)14(13(9)27)36-16(38)18(28,29)19(30,31)20(32,33)34/h1-4,10-11H,(H,35,37)(H,36,38)/t10-,11+/m0/s1. The van der Waals surface area contributed by atoms with E-state index in [1.165, 1.54) is 12.1 Å². The first-order valence-electron chi connectivity index (χ1n) is 9.61. The van der Waals surface area contributed by atoms with Crippen LogP contribution in [-0.2, 0) is 9.59 Å². The number of hydrogen-bond donors (Lipinski definition) is 2. The van der Waals surface area contributed by atoms with E-state index < -0.39 is 69.0 Å². The van der Waals surface area contributed by atoms with Crippen molar-refractivity contribution in [2.24, 2.45) is 5.92 Å². The monoisotopic (exact) mass is 654 g/mol. The smallest absolute Gasteiger partial charge is 0.323 e. The molecule has 208 valence electrons. The van der Waals surface area contributed by atoms with Gasteiger partial charge in [0.1, 0.15) is 15.8 Å². The highest BCUT2D eigenvalue weighted by Crippen LogP contribution is 2.65. The molecule has 0 aliphatic heterocycles. The maximum absolute atomic E-state index is 14.8. The van der Waals surface area contributed by atoms with Crippen LogP contribution in [0.25, 0.3) is 0 Å². The highest BCUT2D eigenvalue weighted by atomic mass is 35.5. The van der Waals surface area contributed by atoms with E-state index in [1.54, 1.807) is 0 Å². The van der Waals surface area contributed by atoms with Crippen LogP contribution >= 0.6 is 58.0 Å². The Morgan fingerprint density at radius 2 is 1.39 bits per heavy atom. The number of anilines is 2. The fourth-order valence-electron chi connectivity index (χ4n) is 3.31. The van der Waals surface area contributed by atoms with Crippen molar-refractivity contribution in [1.82, 2.24) is 0 Å². The van der Waals surface area contributed by atoms with Gasteiger partial charge < -0.3 is 10.6 Å². The van der Waals surface area contributed by atoms with E-state index in [-0.39, 0.29) is 20.6 Å². The third-order valence-corrected chi connectivity index (χ3v) is 7.46. The summed E-state index contributed by atoms with van der Waals surface area (Å²) in [4.78, 5) is 24.2. The van der Waals surface area contributed by atoms with Crippen molar-refractivity contribution in [2.75, 3.05) is 10.6 Å². The van der Waals surface area contributed by atoms with Crippen LogP contribution in [0.5, 0.6) is 0 Å². The first kappa shape index (κ1) is 30.7. The third-order valence-electron chi connectivity index (χ3n) is 5.32. The van der Waals surface area contributed by atoms with Crippen molar-refractivity contribution in [3.05, 3.63) is 56.5 Å². The Kier molecular flexibility index (Phi) is 8.08. The summed E-state index contributed by atoms with van der Waals surface area (Å²) in [7, 11) is 0. The highest BCUT2D eigenvalue weighted by Gasteiger charge is 2.76. The molecule has 2 aromatic carbocycles. The summed E-state index contributed by atoms with van der Waals surface area (Å²) in [6, 6.07) is 3.41. The lowest BCUT2D eigenvalue weighted by Gasteiger charge is -2.27. The van der Waals surface area contributed by atoms with Crippen molar-refractivity contribution in [3.63, 3.8) is 0 Å². The van der Waals surface area contributed by atoms with Crippen LogP contribution in [0.1, 0.15) is 11.5 Å². The Morgan fingerprint density at radius 1 is 0.868 bits per heavy atom. The minimum Gasteiger partial charge on any atom is -0.323 e. The van der Waals surface area contributed by atoms with Crippen LogP contribution in [0.2, 0.25) is 15.1 Å². The average molecular weight is 657 g/mol. The summed E-state index contributed by atoms with van der Waals surface area (Å²) in [6.07, 6.45) is -6.88. The van der Waals surface area contributed by atoms with Gasteiger partial charge in [0.15, 0.2) is 5.82 Å². The summed E-state index contributed by atoms with van der Waals surface area (Å²) in [5.41, 5.74) is -2.62. The molecule has 0 unspecified atom stereocenters. The number of amides is 2. The van der Waals surface area contributed by atoms with E-state index in [0.29, 0.717) is 17.4 Å². The van der Waals surface area contributed by atoms with E-state index in [9.17, 15) is 49.1 Å². The molecule has 1 saturated carbocycles. The SMILES string of the molecule is O=C(Nc1ccc(F)c(NC(=O)C(F)(F)C(F)(F)C(F)(F)F)c1F)[C@H]1[C@H](c2cc(Cl)c(Cl)c(Cl)c2)C1(Cl)Cl. The van der Waals surface area contributed by atoms with Gasteiger partial charge in [0.25, 0.3) is 0 Å². The highest BCUT2D eigenvalue weighted by molar-refractivity contribution is 6.54. The molecule has 2 atom stereocenters. The molecule has 0 aromatic heterocycles. The number of benzene rings is 2. The van der Waals surface area contributed by atoms with Crippen molar-refractivity contribution in [3.8, 4) is 0 Å². The Balaban J connectivity index is 1.86. The third kappa shape index (κ3) is 5.19. The van der Waals surface area contributed by atoms with Crippen molar-refractivity contribution >= 4 is 81.2 Å². The van der Waals surface area contributed by atoms with Crippen molar-refractivity contribution < 1.29 is 49.1 Å². The first-order valence-corrected chi connectivity index (χ1v) is 11.5. The van der Waals surface area contributed by atoms with E-state index in [1.807, 2.05) is 5.32 Å². The van der Waals surface area contributed by atoms with Crippen molar-refractivity contribution in [2.45, 2.75) is 28.3 Å². The lowest BCUT2D eigenvalue weighted by Crippen LogP contribution is -2.57. The first-order chi connectivity index (χ1) is 17.2. The average Bonchev–Trinajstić information content (AvgIpc) is 3.37. The molecule has 2 N–H and O–H groups in total. The van der Waals surface area contributed by atoms with Gasteiger partial charge in [-0.3, -0.25) is 9.59 Å². The summed E-state index contributed by atoms with van der Waals surface area (Å²) in [6.45, 7) is 0. The second-order valence-electron chi connectivity index (χ2n) is 7.80. The Labute approximate surface area is 231 Å². The van der Waals surface area contributed by atoms with E-state index >= 15 is 0 Å². The van der Waals surface area contributed by atoms with Gasteiger partial charge >= 0.3 is 23.9 Å². The molecule has 2 amide bonds. The van der Waals surface area contributed by atoms with Gasteiger partial charge in [0.05, 0.1) is 26.7 Å². The zero-order chi connectivity index (χ0) is 29.2. The molecule has 38 heavy (non-hydrogen) atoms. The van der Waals surface area contributed by atoms with Crippen molar-refractivity contribution in [1.29, 1.82) is 0 Å². The number of halogens is 14. The number of carbonyl (C=O) groups is 2. The number of alkyl halides is 9. The van der Waals surface area contributed by atoms with E-state index in [4.69, 9.17) is 58.0 Å². The number of carbonyl (C=O) groups excluding carboxylic acids is 2.